The van der Waals surface area contributed by atoms with E-state index in [1.165, 1.54) is 0 Å². The smallest absolute Gasteiger partial charge is 0.0743 e. The lowest BCUT2D eigenvalue weighted by atomic mass is 10.1. The topological polar surface area (TPSA) is 82.6 Å². The van der Waals surface area contributed by atoms with Gasteiger partial charge in [-0.3, -0.25) is 4.98 Å². The fourth-order valence-electron chi connectivity index (χ4n) is 2.02. The zero-order valence-electron chi connectivity index (χ0n) is 10.1. The summed E-state index contributed by atoms with van der Waals surface area (Å²) >= 11 is 0. The number of nitrogen functional groups attached to an aromatic ring is 1. The van der Waals surface area contributed by atoms with Gasteiger partial charge in [-0.05, 0) is 24.3 Å². The fourth-order valence-corrected chi connectivity index (χ4v) is 2.02. The van der Waals surface area contributed by atoms with E-state index in [1.807, 2.05) is 29.2 Å². The third-order valence-corrected chi connectivity index (χ3v) is 2.82. The molecule has 0 bridgehead atoms. The van der Waals surface area contributed by atoms with Crippen LogP contribution in [-0.4, -0.2) is 41.5 Å². The number of pyridine rings is 1. The lowest BCUT2D eigenvalue weighted by molar-refractivity contribution is 0.281. The molecule has 1 heterocycles. The summed E-state index contributed by atoms with van der Waals surface area (Å²) in [6, 6.07) is 7.43. The zero-order valence-corrected chi connectivity index (χ0v) is 10.1. The van der Waals surface area contributed by atoms with Crippen molar-refractivity contribution in [2.24, 2.45) is 0 Å². The molecule has 4 N–H and O–H groups in total. The Morgan fingerprint density at radius 3 is 2.50 bits per heavy atom. The quantitative estimate of drug-likeness (QED) is 0.674. The highest BCUT2D eigenvalue weighted by Crippen LogP contribution is 2.26. The lowest BCUT2D eigenvalue weighted by Crippen LogP contribution is -2.29. The van der Waals surface area contributed by atoms with Crippen LogP contribution in [0.4, 0.5) is 11.4 Å². The Hall–Kier alpha value is -1.85. The highest BCUT2D eigenvalue weighted by Gasteiger charge is 2.09. The first-order valence-corrected chi connectivity index (χ1v) is 5.87. The Balaban J connectivity index is 2.48. The van der Waals surface area contributed by atoms with Crippen molar-refractivity contribution in [1.29, 1.82) is 0 Å². The third kappa shape index (κ3) is 2.52. The molecule has 0 amide bonds. The highest BCUT2D eigenvalue weighted by molar-refractivity contribution is 5.93. The van der Waals surface area contributed by atoms with Crippen LogP contribution >= 0.6 is 0 Å². The SMILES string of the molecule is Nc1ccc2c(N(CCO)CCO)ccnc2c1. The molecule has 0 unspecified atom stereocenters. The first kappa shape index (κ1) is 12.6. The number of hydrogen-bond donors (Lipinski definition) is 3. The van der Waals surface area contributed by atoms with E-state index >= 15 is 0 Å². The van der Waals surface area contributed by atoms with E-state index < -0.39 is 0 Å². The van der Waals surface area contributed by atoms with E-state index in [9.17, 15) is 0 Å². The largest absolute Gasteiger partial charge is 0.399 e. The molecule has 18 heavy (non-hydrogen) atoms. The Kier molecular flexibility index (Phi) is 3.96. The Morgan fingerprint density at radius 1 is 1.11 bits per heavy atom. The third-order valence-electron chi connectivity index (χ3n) is 2.82. The molecular formula is C13H17N3O2. The molecule has 2 aromatic rings. The Labute approximate surface area is 105 Å². The number of aliphatic hydroxyl groups excluding tert-OH is 2. The second kappa shape index (κ2) is 5.66. The van der Waals surface area contributed by atoms with Crippen LogP contribution in [0.5, 0.6) is 0 Å². The molecule has 2 rings (SSSR count). The second-order valence-corrected chi connectivity index (χ2v) is 4.04. The molecule has 0 aliphatic carbocycles. The maximum absolute atomic E-state index is 9.08. The minimum absolute atomic E-state index is 0.0405. The van der Waals surface area contributed by atoms with E-state index in [0.717, 1.165) is 16.6 Å². The van der Waals surface area contributed by atoms with Gasteiger partial charge in [0.1, 0.15) is 0 Å². The molecule has 0 aliphatic rings. The van der Waals surface area contributed by atoms with Gasteiger partial charge in [-0.25, -0.2) is 0 Å². The van der Waals surface area contributed by atoms with Crippen LogP contribution in [0.25, 0.3) is 10.9 Å². The van der Waals surface area contributed by atoms with Gasteiger partial charge in [-0.1, -0.05) is 0 Å². The van der Waals surface area contributed by atoms with Gasteiger partial charge >= 0.3 is 0 Å². The molecule has 0 radical (unpaired) electrons. The summed E-state index contributed by atoms with van der Waals surface area (Å²) < 4.78 is 0. The van der Waals surface area contributed by atoms with Crippen molar-refractivity contribution >= 4 is 22.3 Å². The summed E-state index contributed by atoms with van der Waals surface area (Å²) in [5, 5.41) is 19.1. The number of hydrogen-bond acceptors (Lipinski definition) is 5. The average molecular weight is 247 g/mol. The number of rotatable bonds is 5. The zero-order chi connectivity index (χ0) is 13.0. The lowest BCUT2D eigenvalue weighted by Gasteiger charge is -2.24. The predicted molar refractivity (Wildman–Crippen MR) is 72.5 cm³/mol. The Morgan fingerprint density at radius 2 is 1.83 bits per heavy atom. The van der Waals surface area contributed by atoms with Crippen LogP contribution in [0, 0.1) is 0 Å². The van der Waals surface area contributed by atoms with Gasteiger partial charge in [0.2, 0.25) is 0 Å². The first-order valence-electron chi connectivity index (χ1n) is 5.87. The van der Waals surface area contributed by atoms with Crippen molar-refractivity contribution in [3.63, 3.8) is 0 Å². The van der Waals surface area contributed by atoms with Gasteiger partial charge in [0.05, 0.1) is 18.7 Å². The molecule has 1 aromatic heterocycles. The number of anilines is 2. The summed E-state index contributed by atoms with van der Waals surface area (Å²) in [4.78, 5) is 6.20. The van der Waals surface area contributed by atoms with Crippen molar-refractivity contribution in [1.82, 2.24) is 4.98 Å². The van der Waals surface area contributed by atoms with Gasteiger partial charge in [-0.2, -0.15) is 0 Å². The van der Waals surface area contributed by atoms with Crippen LogP contribution in [-0.2, 0) is 0 Å². The minimum atomic E-state index is 0.0405. The van der Waals surface area contributed by atoms with Crippen molar-refractivity contribution in [3.05, 3.63) is 30.5 Å². The fraction of sp³-hybridized carbons (Fsp3) is 0.308. The highest BCUT2D eigenvalue weighted by atomic mass is 16.3. The van der Waals surface area contributed by atoms with E-state index in [0.29, 0.717) is 18.8 Å². The summed E-state index contributed by atoms with van der Waals surface area (Å²) in [6.07, 6.45) is 1.71. The molecule has 0 atom stereocenters. The van der Waals surface area contributed by atoms with Gasteiger partial charge in [-0.15, -0.1) is 0 Å². The number of fused-ring (bicyclic) bond motifs is 1. The molecule has 0 saturated heterocycles. The average Bonchev–Trinajstić information content (AvgIpc) is 2.37. The van der Waals surface area contributed by atoms with Crippen molar-refractivity contribution in [2.75, 3.05) is 36.9 Å². The Bertz CT molecular complexity index is 525. The summed E-state index contributed by atoms with van der Waals surface area (Å²) in [5.41, 5.74) is 8.16. The number of aliphatic hydroxyl groups is 2. The van der Waals surface area contributed by atoms with Gasteiger partial charge in [0.25, 0.3) is 0 Å². The second-order valence-electron chi connectivity index (χ2n) is 4.04. The number of nitrogens with zero attached hydrogens (tertiary/aromatic N) is 2. The van der Waals surface area contributed by atoms with Crippen LogP contribution < -0.4 is 10.6 Å². The monoisotopic (exact) mass is 247 g/mol. The minimum Gasteiger partial charge on any atom is -0.399 e. The molecule has 5 nitrogen and oxygen atoms in total. The van der Waals surface area contributed by atoms with E-state index in [2.05, 4.69) is 4.98 Å². The van der Waals surface area contributed by atoms with Crippen molar-refractivity contribution in [2.45, 2.75) is 0 Å². The van der Waals surface area contributed by atoms with E-state index in [1.54, 1.807) is 6.20 Å². The maximum Gasteiger partial charge on any atom is 0.0743 e. The molecule has 0 saturated carbocycles. The van der Waals surface area contributed by atoms with E-state index in [-0.39, 0.29) is 13.2 Å². The van der Waals surface area contributed by atoms with Gasteiger partial charge in [0.15, 0.2) is 0 Å². The van der Waals surface area contributed by atoms with Crippen molar-refractivity contribution in [3.8, 4) is 0 Å². The number of benzene rings is 1. The van der Waals surface area contributed by atoms with Gasteiger partial charge in [0, 0.05) is 36.0 Å². The summed E-state index contributed by atoms with van der Waals surface area (Å²) in [5.74, 6) is 0. The number of nitrogens with two attached hydrogens (primary N) is 1. The summed E-state index contributed by atoms with van der Waals surface area (Å²) in [6.45, 7) is 1.03. The van der Waals surface area contributed by atoms with Crippen LogP contribution in [0.1, 0.15) is 0 Å². The summed E-state index contributed by atoms with van der Waals surface area (Å²) in [7, 11) is 0. The molecule has 96 valence electrons. The number of aromatic nitrogens is 1. The molecule has 0 fully saturated rings. The van der Waals surface area contributed by atoms with Crippen LogP contribution in [0.15, 0.2) is 30.5 Å². The van der Waals surface area contributed by atoms with Gasteiger partial charge < -0.3 is 20.8 Å². The molecule has 5 heteroatoms. The molecular weight excluding hydrogens is 230 g/mol. The normalized spacial score (nSPS) is 10.8. The van der Waals surface area contributed by atoms with Crippen LogP contribution in [0.2, 0.25) is 0 Å². The predicted octanol–water partition coefficient (Wildman–Crippen LogP) is 0.608. The molecule has 1 aromatic carbocycles. The maximum atomic E-state index is 9.08. The standard InChI is InChI=1S/C13H17N3O2/c14-10-1-2-11-12(9-10)15-4-3-13(11)16(5-7-17)6-8-18/h1-4,9,17-18H,5-8,14H2. The molecule has 0 aliphatic heterocycles. The first-order chi connectivity index (χ1) is 8.76. The molecule has 0 spiro atoms. The van der Waals surface area contributed by atoms with E-state index in [4.69, 9.17) is 15.9 Å². The van der Waals surface area contributed by atoms with Crippen molar-refractivity contribution < 1.29 is 10.2 Å². The van der Waals surface area contributed by atoms with Crippen LogP contribution in [0.3, 0.4) is 0 Å².